The van der Waals surface area contributed by atoms with E-state index in [9.17, 15) is 0 Å². The SMILES string of the molecule is CCCNc1ccc(CSc2cccc(OC)c2)cn1. The highest BCUT2D eigenvalue weighted by molar-refractivity contribution is 7.98. The molecule has 0 amide bonds. The van der Waals surface area contributed by atoms with Crippen molar-refractivity contribution in [2.45, 2.75) is 24.0 Å². The molecule has 0 saturated heterocycles. The fourth-order valence-corrected chi connectivity index (χ4v) is 2.60. The normalized spacial score (nSPS) is 10.3. The minimum atomic E-state index is 0.896. The molecule has 1 heterocycles. The molecule has 0 unspecified atom stereocenters. The number of hydrogen-bond acceptors (Lipinski definition) is 4. The molecule has 20 heavy (non-hydrogen) atoms. The predicted octanol–water partition coefficient (Wildman–Crippen LogP) is 4.20. The summed E-state index contributed by atoms with van der Waals surface area (Å²) in [7, 11) is 1.69. The number of methoxy groups -OCH3 is 1. The van der Waals surface area contributed by atoms with Gasteiger partial charge in [0.25, 0.3) is 0 Å². The van der Waals surface area contributed by atoms with Crippen molar-refractivity contribution in [2.75, 3.05) is 19.0 Å². The minimum absolute atomic E-state index is 0.896. The van der Waals surface area contributed by atoms with Gasteiger partial charge in [-0.2, -0.15) is 0 Å². The monoisotopic (exact) mass is 288 g/mol. The third kappa shape index (κ3) is 4.46. The van der Waals surface area contributed by atoms with Crippen LogP contribution in [0, 0.1) is 0 Å². The molecular formula is C16H20N2OS. The lowest BCUT2D eigenvalue weighted by molar-refractivity contribution is 0.413. The van der Waals surface area contributed by atoms with E-state index >= 15 is 0 Å². The quantitative estimate of drug-likeness (QED) is 0.774. The second-order valence-corrected chi connectivity index (χ2v) is 5.49. The summed E-state index contributed by atoms with van der Waals surface area (Å²) >= 11 is 1.79. The molecule has 0 aliphatic carbocycles. The number of rotatable bonds is 7. The molecule has 0 aliphatic rings. The fraction of sp³-hybridized carbons (Fsp3) is 0.312. The van der Waals surface area contributed by atoms with Crippen molar-refractivity contribution in [1.29, 1.82) is 0 Å². The molecule has 0 saturated carbocycles. The zero-order chi connectivity index (χ0) is 14.2. The van der Waals surface area contributed by atoms with Crippen LogP contribution < -0.4 is 10.1 Å². The fourth-order valence-electron chi connectivity index (χ4n) is 1.73. The Kier molecular flexibility index (Phi) is 5.74. The molecule has 0 bridgehead atoms. The summed E-state index contributed by atoms with van der Waals surface area (Å²) in [5.41, 5.74) is 1.22. The standard InChI is InChI=1S/C16H20N2OS/c1-3-9-17-16-8-7-13(11-18-16)12-20-15-6-4-5-14(10-15)19-2/h4-8,10-11H,3,9,12H2,1-2H3,(H,17,18). The van der Waals surface area contributed by atoms with Gasteiger partial charge in [-0.25, -0.2) is 4.98 Å². The summed E-state index contributed by atoms with van der Waals surface area (Å²) < 4.78 is 5.23. The Labute approximate surface area is 124 Å². The number of aromatic nitrogens is 1. The second-order valence-electron chi connectivity index (χ2n) is 4.45. The molecule has 0 atom stereocenters. The maximum Gasteiger partial charge on any atom is 0.125 e. The van der Waals surface area contributed by atoms with Crippen LogP contribution in [0.1, 0.15) is 18.9 Å². The minimum Gasteiger partial charge on any atom is -0.497 e. The topological polar surface area (TPSA) is 34.1 Å². The highest BCUT2D eigenvalue weighted by atomic mass is 32.2. The summed E-state index contributed by atoms with van der Waals surface area (Å²) in [6, 6.07) is 12.3. The van der Waals surface area contributed by atoms with Gasteiger partial charge in [0.15, 0.2) is 0 Å². The molecule has 1 N–H and O–H groups in total. The van der Waals surface area contributed by atoms with Crippen molar-refractivity contribution >= 4 is 17.6 Å². The van der Waals surface area contributed by atoms with E-state index in [0.717, 1.165) is 30.3 Å². The Balaban J connectivity index is 1.89. The Morgan fingerprint density at radius 2 is 2.15 bits per heavy atom. The van der Waals surface area contributed by atoms with Gasteiger partial charge in [-0.05, 0) is 36.2 Å². The first-order valence-electron chi connectivity index (χ1n) is 6.77. The van der Waals surface area contributed by atoms with Crippen LogP contribution in [0.3, 0.4) is 0 Å². The number of nitrogens with one attached hydrogen (secondary N) is 1. The van der Waals surface area contributed by atoms with Crippen LogP contribution in [0.4, 0.5) is 5.82 Å². The van der Waals surface area contributed by atoms with E-state index in [4.69, 9.17) is 4.74 Å². The largest absolute Gasteiger partial charge is 0.497 e. The molecule has 2 rings (SSSR count). The number of hydrogen-bond donors (Lipinski definition) is 1. The van der Waals surface area contributed by atoms with Crippen molar-refractivity contribution in [3.05, 3.63) is 48.2 Å². The van der Waals surface area contributed by atoms with Gasteiger partial charge in [0.05, 0.1) is 7.11 Å². The summed E-state index contributed by atoms with van der Waals surface area (Å²) in [4.78, 5) is 5.62. The van der Waals surface area contributed by atoms with Gasteiger partial charge in [-0.3, -0.25) is 0 Å². The first kappa shape index (κ1) is 14.7. The van der Waals surface area contributed by atoms with Gasteiger partial charge in [-0.15, -0.1) is 11.8 Å². The van der Waals surface area contributed by atoms with Gasteiger partial charge in [0.1, 0.15) is 11.6 Å². The van der Waals surface area contributed by atoms with Crippen LogP contribution in [-0.4, -0.2) is 18.6 Å². The van der Waals surface area contributed by atoms with Crippen LogP contribution in [0.5, 0.6) is 5.75 Å². The van der Waals surface area contributed by atoms with E-state index in [1.165, 1.54) is 10.5 Å². The van der Waals surface area contributed by atoms with Crippen LogP contribution >= 0.6 is 11.8 Å². The van der Waals surface area contributed by atoms with E-state index in [1.807, 2.05) is 24.4 Å². The van der Waals surface area contributed by atoms with Crippen LogP contribution in [0.25, 0.3) is 0 Å². The summed E-state index contributed by atoms with van der Waals surface area (Å²) in [5, 5.41) is 3.28. The number of pyridine rings is 1. The number of thioether (sulfide) groups is 1. The average Bonchev–Trinajstić information content (AvgIpc) is 2.52. The molecule has 4 heteroatoms. The van der Waals surface area contributed by atoms with Crippen molar-refractivity contribution in [3.8, 4) is 5.75 Å². The third-order valence-electron chi connectivity index (χ3n) is 2.83. The summed E-state index contributed by atoms with van der Waals surface area (Å²) in [6.45, 7) is 3.11. The average molecular weight is 288 g/mol. The van der Waals surface area contributed by atoms with Crippen molar-refractivity contribution in [3.63, 3.8) is 0 Å². The highest BCUT2D eigenvalue weighted by Crippen LogP contribution is 2.26. The maximum atomic E-state index is 5.23. The molecule has 0 fully saturated rings. The Morgan fingerprint density at radius 3 is 2.85 bits per heavy atom. The van der Waals surface area contributed by atoms with Crippen LogP contribution in [0.15, 0.2) is 47.5 Å². The predicted molar refractivity (Wildman–Crippen MR) is 85.6 cm³/mol. The van der Waals surface area contributed by atoms with Crippen molar-refractivity contribution < 1.29 is 4.74 Å². The van der Waals surface area contributed by atoms with E-state index in [-0.39, 0.29) is 0 Å². The van der Waals surface area contributed by atoms with Gasteiger partial charge in [0.2, 0.25) is 0 Å². The second kappa shape index (κ2) is 7.80. The lowest BCUT2D eigenvalue weighted by Crippen LogP contribution is -2.01. The molecule has 2 aromatic rings. The Bertz CT molecular complexity index is 528. The molecule has 106 valence electrons. The van der Waals surface area contributed by atoms with E-state index in [1.54, 1.807) is 18.9 Å². The maximum absolute atomic E-state index is 5.23. The van der Waals surface area contributed by atoms with Gasteiger partial charge < -0.3 is 10.1 Å². The zero-order valence-corrected chi connectivity index (χ0v) is 12.7. The van der Waals surface area contributed by atoms with Gasteiger partial charge in [0, 0.05) is 23.4 Å². The van der Waals surface area contributed by atoms with Crippen molar-refractivity contribution in [1.82, 2.24) is 4.98 Å². The highest BCUT2D eigenvalue weighted by Gasteiger charge is 1.99. The van der Waals surface area contributed by atoms with Crippen molar-refractivity contribution in [2.24, 2.45) is 0 Å². The van der Waals surface area contributed by atoms with Crippen LogP contribution in [0.2, 0.25) is 0 Å². The first-order chi connectivity index (χ1) is 9.81. The zero-order valence-electron chi connectivity index (χ0n) is 11.9. The van der Waals surface area contributed by atoms with Gasteiger partial charge in [-0.1, -0.05) is 19.1 Å². The molecular weight excluding hydrogens is 268 g/mol. The molecule has 0 aliphatic heterocycles. The number of ether oxygens (including phenoxy) is 1. The summed E-state index contributed by atoms with van der Waals surface area (Å²) in [6.07, 6.45) is 3.04. The molecule has 1 aromatic carbocycles. The van der Waals surface area contributed by atoms with E-state index < -0.39 is 0 Å². The first-order valence-corrected chi connectivity index (χ1v) is 7.76. The Morgan fingerprint density at radius 1 is 1.25 bits per heavy atom. The third-order valence-corrected chi connectivity index (χ3v) is 3.89. The number of anilines is 1. The van der Waals surface area contributed by atoms with Crippen LogP contribution in [-0.2, 0) is 5.75 Å². The van der Waals surface area contributed by atoms with E-state index in [0.29, 0.717) is 0 Å². The smallest absolute Gasteiger partial charge is 0.125 e. The number of nitrogens with zero attached hydrogens (tertiary/aromatic N) is 1. The summed E-state index contributed by atoms with van der Waals surface area (Å²) in [5.74, 6) is 2.75. The Hall–Kier alpha value is -1.68. The lowest BCUT2D eigenvalue weighted by atomic mass is 10.3. The number of benzene rings is 1. The molecule has 3 nitrogen and oxygen atoms in total. The van der Waals surface area contributed by atoms with Gasteiger partial charge >= 0.3 is 0 Å². The molecule has 1 aromatic heterocycles. The molecule has 0 radical (unpaired) electrons. The molecule has 0 spiro atoms. The lowest BCUT2D eigenvalue weighted by Gasteiger charge is -2.06. The van der Waals surface area contributed by atoms with E-state index in [2.05, 4.69) is 35.4 Å².